The number of likely N-dealkylation sites (tertiary alicyclic amines) is 2. The molecule has 3 aliphatic heterocycles. The highest BCUT2D eigenvalue weighted by molar-refractivity contribution is 7.12. The van der Waals surface area contributed by atoms with Gasteiger partial charge in [0.05, 0.1) is 23.4 Å². The minimum Gasteiger partial charge on any atom is -0.381 e. The van der Waals surface area contributed by atoms with E-state index >= 15 is 0 Å². The number of benzene rings is 1. The van der Waals surface area contributed by atoms with E-state index in [9.17, 15) is 9.59 Å². The van der Waals surface area contributed by atoms with Gasteiger partial charge in [0.1, 0.15) is 0 Å². The molecule has 6 nitrogen and oxygen atoms in total. The normalized spacial score (nSPS) is 26.2. The first kappa shape index (κ1) is 21.6. The van der Waals surface area contributed by atoms with E-state index < -0.39 is 0 Å². The first-order chi connectivity index (χ1) is 15.7. The number of ether oxygens (including phenoxy) is 1. The number of thiophene rings is 1. The summed E-state index contributed by atoms with van der Waals surface area (Å²) >= 11 is 1.53. The summed E-state index contributed by atoms with van der Waals surface area (Å²) in [5, 5.41) is 5.26. The van der Waals surface area contributed by atoms with Gasteiger partial charge in [-0.05, 0) is 41.7 Å². The SMILES string of the molecule is O=C(NC(CCN1CC2CN(C(=O)c3cccs3)C[C@@H]2C1)c1ccccc1)C1CCOC1. The van der Waals surface area contributed by atoms with Crippen molar-refractivity contribution in [3.63, 3.8) is 0 Å². The number of carbonyl (C=O) groups excluding carboxylic acids is 2. The van der Waals surface area contributed by atoms with E-state index in [1.807, 2.05) is 40.6 Å². The Morgan fingerprint density at radius 2 is 1.84 bits per heavy atom. The second-order valence-corrected chi connectivity index (χ2v) is 10.2. The lowest BCUT2D eigenvalue weighted by Crippen LogP contribution is -2.37. The summed E-state index contributed by atoms with van der Waals surface area (Å²) in [5.41, 5.74) is 1.16. The number of hydrogen-bond donors (Lipinski definition) is 1. The van der Waals surface area contributed by atoms with Gasteiger partial charge in [-0.3, -0.25) is 9.59 Å². The fourth-order valence-corrected chi connectivity index (χ4v) is 6.04. The molecule has 7 heteroatoms. The predicted octanol–water partition coefficient (Wildman–Crippen LogP) is 3.04. The van der Waals surface area contributed by atoms with Crippen LogP contribution < -0.4 is 5.32 Å². The summed E-state index contributed by atoms with van der Waals surface area (Å²) in [7, 11) is 0. The van der Waals surface area contributed by atoms with Crippen molar-refractivity contribution in [2.24, 2.45) is 17.8 Å². The highest BCUT2D eigenvalue weighted by atomic mass is 32.1. The van der Waals surface area contributed by atoms with E-state index in [0.29, 0.717) is 25.0 Å². The molecule has 0 bridgehead atoms. The van der Waals surface area contributed by atoms with Crippen LogP contribution in [0.1, 0.15) is 34.1 Å². The lowest BCUT2D eigenvalue weighted by atomic mass is 10.0. The van der Waals surface area contributed by atoms with Gasteiger partial charge in [0.2, 0.25) is 5.91 Å². The quantitative estimate of drug-likeness (QED) is 0.700. The molecule has 32 heavy (non-hydrogen) atoms. The number of nitrogens with one attached hydrogen (secondary N) is 1. The highest BCUT2D eigenvalue weighted by Gasteiger charge is 2.41. The molecule has 0 aliphatic carbocycles. The van der Waals surface area contributed by atoms with Crippen molar-refractivity contribution in [2.45, 2.75) is 18.9 Å². The molecular formula is C25H31N3O3S. The molecule has 4 heterocycles. The van der Waals surface area contributed by atoms with Crippen LogP contribution in [-0.2, 0) is 9.53 Å². The Morgan fingerprint density at radius 1 is 1.06 bits per heavy atom. The maximum absolute atomic E-state index is 12.7. The number of hydrogen-bond acceptors (Lipinski definition) is 5. The number of carbonyl (C=O) groups is 2. The number of fused-ring (bicyclic) bond motifs is 1. The zero-order chi connectivity index (χ0) is 21.9. The van der Waals surface area contributed by atoms with Crippen LogP contribution in [0.2, 0.25) is 0 Å². The molecule has 3 fully saturated rings. The molecule has 3 aliphatic rings. The van der Waals surface area contributed by atoms with Crippen LogP contribution in [-0.4, -0.2) is 67.6 Å². The molecule has 2 amide bonds. The highest BCUT2D eigenvalue weighted by Crippen LogP contribution is 2.33. The molecular weight excluding hydrogens is 422 g/mol. The third kappa shape index (κ3) is 4.75. The van der Waals surface area contributed by atoms with Gasteiger partial charge in [0.25, 0.3) is 5.91 Å². The van der Waals surface area contributed by atoms with Crippen LogP contribution in [0, 0.1) is 17.8 Å². The molecule has 170 valence electrons. The third-order valence-corrected chi connectivity index (χ3v) is 7.99. The molecule has 0 saturated carbocycles. The predicted molar refractivity (Wildman–Crippen MR) is 125 cm³/mol. The Labute approximate surface area is 193 Å². The van der Waals surface area contributed by atoms with Gasteiger partial charge in [-0.25, -0.2) is 0 Å². The Bertz CT molecular complexity index is 900. The first-order valence-electron chi connectivity index (χ1n) is 11.7. The van der Waals surface area contributed by atoms with Crippen LogP contribution >= 0.6 is 11.3 Å². The summed E-state index contributed by atoms with van der Waals surface area (Å²) in [5.74, 6) is 1.37. The smallest absolute Gasteiger partial charge is 0.263 e. The Balaban J connectivity index is 1.15. The number of rotatable bonds is 7. The van der Waals surface area contributed by atoms with Crippen molar-refractivity contribution < 1.29 is 14.3 Å². The summed E-state index contributed by atoms with van der Waals surface area (Å²) in [4.78, 5) is 30.8. The number of amides is 2. The fourth-order valence-electron chi connectivity index (χ4n) is 5.34. The fraction of sp³-hybridized carbons (Fsp3) is 0.520. The second kappa shape index (κ2) is 9.73. The molecule has 1 N–H and O–H groups in total. The van der Waals surface area contributed by atoms with Crippen LogP contribution in [0.25, 0.3) is 0 Å². The van der Waals surface area contributed by atoms with Crippen molar-refractivity contribution >= 4 is 23.2 Å². The maximum atomic E-state index is 12.7. The molecule has 1 aromatic carbocycles. The van der Waals surface area contributed by atoms with Crippen molar-refractivity contribution in [1.29, 1.82) is 0 Å². The molecule has 3 unspecified atom stereocenters. The van der Waals surface area contributed by atoms with Gasteiger partial charge in [-0.15, -0.1) is 11.3 Å². The standard InChI is InChI=1S/C25H31N3O3S/c29-24(19-9-11-31-17-19)26-22(18-5-2-1-3-6-18)8-10-27-13-20-15-28(16-21(20)14-27)25(30)23-7-4-12-32-23/h1-7,12,19-22H,8-11,13-17H2,(H,26,29)/t19?,20-,21?,22?/m0/s1. The van der Waals surface area contributed by atoms with Crippen molar-refractivity contribution in [3.8, 4) is 0 Å². The molecule has 0 radical (unpaired) electrons. The van der Waals surface area contributed by atoms with E-state index in [1.54, 1.807) is 0 Å². The van der Waals surface area contributed by atoms with Gasteiger partial charge in [-0.1, -0.05) is 36.4 Å². The number of nitrogens with zero attached hydrogens (tertiary/aromatic N) is 2. The van der Waals surface area contributed by atoms with Crippen molar-refractivity contribution in [3.05, 3.63) is 58.3 Å². The minimum atomic E-state index is -0.0285. The van der Waals surface area contributed by atoms with Gasteiger partial charge >= 0.3 is 0 Å². The van der Waals surface area contributed by atoms with Crippen molar-refractivity contribution in [2.75, 3.05) is 45.9 Å². The lowest BCUT2D eigenvalue weighted by molar-refractivity contribution is -0.125. The van der Waals surface area contributed by atoms with E-state index in [2.05, 4.69) is 22.3 Å². The molecule has 2 aromatic rings. The summed E-state index contributed by atoms with van der Waals surface area (Å²) in [6, 6.07) is 14.2. The maximum Gasteiger partial charge on any atom is 0.263 e. The molecule has 1 aromatic heterocycles. The zero-order valence-corrected chi connectivity index (χ0v) is 19.1. The van der Waals surface area contributed by atoms with Gasteiger partial charge < -0.3 is 19.9 Å². The summed E-state index contributed by atoms with van der Waals surface area (Å²) in [6.45, 7) is 5.94. The van der Waals surface area contributed by atoms with E-state index in [-0.39, 0.29) is 23.8 Å². The Kier molecular flexibility index (Phi) is 6.57. The first-order valence-corrected chi connectivity index (χ1v) is 12.5. The average molecular weight is 454 g/mol. The Morgan fingerprint density at radius 3 is 2.50 bits per heavy atom. The molecule has 4 atom stereocenters. The average Bonchev–Trinajstić information content (AvgIpc) is 3.60. The monoisotopic (exact) mass is 453 g/mol. The lowest BCUT2D eigenvalue weighted by Gasteiger charge is -2.25. The van der Waals surface area contributed by atoms with E-state index in [4.69, 9.17) is 4.74 Å². The molecule has 0 spiro atoms. The van der Waals surface area contributed by atoms with Gasteiger partial charge in [-0.2, -0.15) is 0 Å². The largest absolute Gasteiger partial charge is 0.381 e. The van der Waals surface area contributed by atoms with Crippen LogP contribution in [0.5, 0.6) is 0 Å². The molecule has 5 rings (SSSR count). The van der Waals surface area contributed by atoms with Crippen LogP contribution in [0.3, 0.4) is 0 Å². The second-order valence-electron chi connectivity index (χ2n) is 9.29. The Hall–Kier alpha value is -2.22. The van der Waals surface area contributed by atoms with Crippen LogP contribution in [0.4, 0.5) is 0 Å². The summed E-state index contributed by atoms with van der Waals surface area (Å²) in [6.07, 6.45) is 1.70. The topological polar surface area (TPSA) is 61.9 Å². The zero-order valence-electron chi connectivity index (χ0n) is 18.3. The summed E-state index contributed by atoms with van der Waals surface area (Å²) < 4.78 is 5.40. The van der Waals surface area contributed by atoms with Crippen molar-refractivity contribution in [1.82, 2.24) is 15.1 Å². The van der Waals surface area contributed by atoms with E-state index in [0.717, 1.165) is 56.0 Å². The van der Waals surface area contributed by atoms with Gasteiger partial charge in [0.15, 0.2) is 0 Å². The minimum absolute atomic E-state index is 0.0154. The van der Waals surface area contributed by atoms with E-state index in [1.165, 1.54) is 11.3 Å². The van der Waals surface area contributed by atoms with Crippen LogP contribution in [0.15, 0.2) is 47.8 Å². The van der Waals surface area contributed by atoms with Gasteiger partial charge in [0, 0.05) is 39.3 Å². The third-order valence-electron chi connectivity index (χ3n) is 7.13. The molecule has 3 saturated heterocycles.